The number of allylic oxidation sites excluding steroid dienone is 6. The normalized spacial score (nSPS) is 20.1. The summed E-state index contributed by atoms with van der Waals surface area (Å²) in [7, 11) is 1.50. The molecule has 0 saturated heterocycles. The molecule has 0 aromatic rings. The molecule has 0 aromatic carbocycles. The number of nitrogens with two attached hydrogens (primary N) is 1. The van der Waals surface area contributed by atoms with Crippen LogP contribution in [0.2, 0.25) is 0 Å². The molecule has 37 heavy (non-hydrogen) atoms. The van der Waals surface area contributed by atoms with Crippen LogP contribution in [0, 0.1) is 0 Å². The monoisotopic (exact) mass is 534 g/mol. The van der Waals surface area contributed by atoms with Crippen LogP contribution in [0.1, 0.15) is 61.3 Å². The predicted molar refractivity (Wildman–Crippen MR) is 160 cm³/mol. The molecule has 0 fully saturated rings. The molecule has 2 aliphatic rings. The summed E-state index contributed by atoms with van der Waals surface area (Å²) in [6, 6.07) is -0.313. The molecule has 5 N–H and O–H groups in total. The summed E-state index contributed by atoms with van der Waals surface area (Å²) in [5, 5.41) is 12.2. The number of thioether (sulfide) groups is 1. The minimum Gasteiger partial charge on any atom is -0.395 e. The summed E-state index contributed by atoms with van der Waals surface area (Å²) in [6.07, 6.45) is 18.0. The van der Waals surface area contributed by atoms with E-state index in [-0.39, 0.29) is 18.6 Å². The van der Waals surface area contributed by atoms with E-state index < -0.39 is 5.60 Å². The summed E-state index contributed by atoms with van der Waals surface area (Å²) in [5.74, 6) is 0.917. The molecule has 7 nitrogen and oxygen atoms in total. The van der Waals surface area contributed by atoms with E-state index >= 15 is 0 Å². The molecular formula is C29H50N4O3S. The Balaban J connectivity index is 0.00000308. The lowest BCUT2D eigenvalue weighted by Crippen LogP contribution is -2.46. The number of rotatable bonds is 12. The van der Waals surface area contributed by atoms with Gasteiger partial charge in [-0.3, -0.25) is 20.0 Å². The minimum absolute atomic E-state index is 0.0351. The van der Waals surface area contributed by atoms with Crippen molar-refractivity contribution in [3.05, 3.63) is 70.5 Å². The zero-order valence-corrected chi connectivity index (χ0v) is 25.0. The maximum absolute atomic E-state index is 12.6. The number of carbonyl (C=O) groups is 1. The van der Waals surface area contributed by atoms with E-state index in [4.69, 9.17) is 4.84 Å². The molecule has 0 spiro atoms. The van der Waals surface area contributed by atoms with Gasteiger partial charge in [-0.15, -0.1) is 11.8 Å². The average Bonchev–Trinajstić information content (AvgIpc) is 2.94. The first-order chi connectivity index (χ1) is 17.8. The predicted octanol–water partition coefficient (Wildman–Crippen LogP) is 4.96. The van der Waals surface area contributed by atoms with Crippen molar-refractivity contribution in [3.8, 4) is 0 Å². The summed E-state index contributed by atoms with van der Waals surface area (Å²) >= 11 is 1.83. The number of aliphatic hydroxyl groups is 1. The number of aliphatic hydroxyl groups excluding tert-OH is 1. The van der Waals surface area contributed by atoms with Crippen LogP contribution in [0.3, 0.4) is 0 Å². The first-order valence-corrected chi connectivity index (χ1v) is 14.3. The lowest BCUT2D eigenvalue weighted by Gasteiger charge is -2.30. The quantitative estimate of drug-likeness (QED) is 0.207. The van der Waals surface area contributed by atoms with Crippen molar-refractivity contribution < 1.29 is 14.7 Å². The van der Waals surface area contributed by atoms with Crippen LogP contribution in [0.5, 0.6) is 0 Å². The highest BCUT2D eigenvalue weighted by Crippen LogP contribution is 2.28. The van der Waals surface area contributed by atoms with Gasteiger partial charge in [0, 0.05) is 29.3 Å². The van der Waals surface area contributed by atoms with E-state index in [1.165, 1.54) is 17.5 Å². The third-order valence-corrected chi connectivity index (χ3v) is 6.76. The third kappa shape index (κ3) is 12.8. The van der Waals surface area contributed by atoms with Crippen LogP contribution in [0.15, 0.2) is 70.5 Å². The molecule has 1 amide bonds. The van der Waals surface area contributed by atoms with E-state index in [0.29, 0.717) is 19.5 Å². The Hall–Kier alpha value is -2.10. The Labute approximate surface area is 229 Å². The highest BCUT2D eigenvalue weighted by molar-refractivity contribution is 8.03. The van der Waals surface area contributed by atoms with Gasteiger partial charge in [0.2, 0.25) is 5.91 Å². The Morgan fingerprint density at radius 1 is 1.35 bits per heavy atom. The summed E-state index contributed by atoms with van der Waals surface area (Å²) in [5.41, 5.74) is 10.0. The largest absolute Gasteiger partial charge is 0.395 e. The van der Waals surface area contributed by atoms with Gasteiger partial charge in [0.05, 0.1) is 18.3 Å². The van der Waals surface area contributed by atoms with Gasteiger partial charge in [0.15, 0.2) is 0 Å². The van der Waals surface area contributed by atoms with Crippen LogP contribution in [0.4, 0.5) is 0 Å². The van der Waals surface area contributed by atoms with Crippen molar-refractivity contribution >= 4 is 17.7 Å². The molecule has 0 radical (unpaired) electrons. The Kier molecular flexibility index (Phi) is 18.8. The number of likely N-dealkylation sites (N-methyl/N-ethyl adjacent to an activating group) is 1. The number of carbonyl (C=O) groups excluding carboxylic acids is 1. The van der Waals surface area contributed by atoms with Crippen LogP contribution >= 0.6 is 11.8 Å². The SMILES string of the molecule is CC.CC/C=C(\C=C(/C)C1=CC=CCS1)NOC1(C)C=CC(NC(=O)C(C)N(CC)CCO)=CC1.CN. The fourth-order valence-corrected chi connectivity index (χ4v) is 4.37. The maximum Gasteiger partial charge on any atom is 0.241 e. The van der Waals surface area contributed by atoms with Gasteiger partial charge in [0.25, 0.3) is 0 Å². The van der Waals surface area contributed by atoms with Crippen molar-refractivity contribution in [2.24, 2.45) is 5.73 Å². The second-order valence-electron chi connectivity index (χ2n) is 8.40. The smallest absolute Gasteiger partial charge is 0.241 e. The standard InChI is InChI=1S/C26H39N3O3S.C2H6.CH5N/c1-6-10-23(19-20(3)24-11-8-9-18-33-24)28-32-26(5)14-12-22(13-15-26)27-25(31)21(4)29(7-2)16-17-30;2*1-2/h8-14,19,21,28,30H,6-7,15-18H2,1-5H3,(H,27,31);1-2H3;2H2,1H3/b20-19+,23-10+;;. The van der Waals surface area contributed by atoms with Gasteiger partial charge < -0.3 is 16.2 Å². The molecule has 2 atom stereocenters. The van der Waals surface area contributed by atoms with Gasteiger partial charge >= 0.3 is 0 Å². The first kappa shape index (κ1) is 34.9. The lowest BCUT2D eigenvalue weighted by molar-refractivity contribution is -0.125. The van der Waals surface area contributed by atoms with Crippen LogP contribution in [0.25, 0.3) is 0 Å². The molecule has 1 aliphatic heterocycles. The van der Waals surface area contributed by atoms with Crippen molar-refractivity contribution in [1.82, 2.24) is 15.7 Å². The van der Waals surface area contributed by atoms with Gasteiger partial charge in [-0.05, 0) is 70.7 Å². The molecule has 0 bridgehead atoms. The molecule has 0 aromatic heterocycles. The van der Waals surface area contributed by atoms with E-state index in [9.17, 15) is 9.90 Å². The zero-order chi connectivity index (χ0) is 28.3. The summed E-state index contributed by atoms with van der Waals surface area (Å²) < 4.78 is 0. The first-order valence-electron chi connectivity index (χ1n) is 13.3. The van der Waals surface area contributed by atoms with Gasteiger partial charge in [-0.1, -0.05) is 52.0 Å². The van der Waals surface area contributed by atoms with Gasteiger partial charge in [0.1, 0.15) is 5.60 Å². The molecule has 8 heteroatoms. The Bertz CT molecular complexity index is 861. The molecule has 2 unspecified atom stereocenters. The van der Waals surface area contributed by atoms with E-state index in [1.54, 1.807) is 0 Å². The van der Waals surface area contributed by atoms with Crippen molar-refractivity contribution in [2.75, 3.05) is 32.5 Å². The maximum atomic E-state index is 12.6. The van der Waals surface area contributed by atoms with Crippen LogP contribution in [-0.2, 0) is 9.63 Å². The Morgan fingerprint density at radius 2 is 2.05 bits per heavy atom. The van der Waals surface area contributed by atoms with E-state index in [0.717, 1.165) is 23.6 Å². The summed E-state index contributed by atoms with van der Waals surface area (Å²) in [4.78, 5) is 21.9. The second-order valence-corrected chi connectivity index (χ2v) is 9.46. The van der Waals surface area contributed by atoms with Gasteiger partial charge in [-0.2, -0.15) is 0 Å². The number of nitrogens with zero attached hydrogens (tertiary/aromatic N) is 1. The average molecular weight is 535 g/mol. The third-order valence-electron chi connectivity index (χ3n) is 5.64. The van der Waals surface area contributed by atoms with E-state index in [2.05, 4.69) is 60.8 Å². The number of nitrogens with one attached hydrogen (secondary N) is 2. The molecule has 1 heterocycles. The fourth-order valence-electron chi connectivity index (χ4n) is 3.52. The van der Waals surface area contributed by atoms with Crippen molar-refractivity contribution in [3.63, 3.8) is 0 Å². The fraction of sp³-hybridized carbons (Fsp3) is 0.552. The van der Waals surface area contributed by atoms with Crippen molar-refractivity contribution in [1.29, 1.82) is 0 Å². The lowest BCUT2D eigenvalue weighted by atomic mass is 9.96. The molecule has 1 aliphatic carbocycles. The molecular weight excluding hydrogens is 484 g/mol. The zero-order valence-electron chi connectivity index (χ0n) is 24.1. The topological polar surface area (TPSA) is 99.8 Å². The highest BCUT2D eigenvalue weighted by Gasteiger charge is 2.26. The highest BCUT2D eigenvalue weighted by atomic mass is 32.2. The van der Waals surface area contributed by atoms with Crippen LogP contribution in [-0.4, -0.2) is 60.1 Å². The minimum atomic E-state index is -0.525. The van der Waals surface area contributed by atoms with Crippen LogP contribution < -0.4 is 16.5 Å². The molecule has 210 valence electrons. The molecule has 0 saturated carbocycles. The Morgan fingerprint density at radius 3 is 2.57 bits per heavy atom. The number of amides is 1. The van der Waals surface area contributed by atoms with Gasteiger partial charge in [-0.25, -0.2) is 0 Å². The second kappa shape index (κ2) is 19.9. The number of hydroxylamine groups is 1. The van der Waals surface area contributed by atoms with Crippen molar-refractivity contribution in [2.45, 2.75) is 73.0 Å². The van der Waals surface area contributed by atoms with E-state index in [1.807, 2.05) is 69.5 Å². The molecule has 2 rings (SSSR count). The number of hydrogen-bond donors (Lipinski definition) is 4. The summed E-state index contributed by atoms with van der Waals surface area (Å²) in [6.45, 7) is 15.3. The number of hydrogen-bond acceptors (Lipinski definition) is 7.